The highest BCUT2D eigenvalue weighted by molar-refractivity contribution is 5.62. The zero-order valence-corrected chi connectivity index (χ0v) is 7.87. The maximum Gasteiger partial charge on any atom is 0.0658 e. The number of hydrogen-bond acceptors (Lipinski definition) is 1. The molecule has 1 heterocycles. The van der Waals surface area contributed by atoms with Crippen molar-refractivity contribution >= 4 is 5.57 Å². The minimum absolute atomic E-state index is 1.17. The van der Waals surface area contributed by atoms with Crippen LogP contribution in [0.2, 0.25) is 0 Å². The van der Waals surface area contributed by atoms with Crippen LogP contribution in [-0.4, -0.2) is 4.98 Å². The molecule has 0 amide bonds. The highest BCUT2D eigenvalue weighted by Gasteiger charge is 2.04. The maximum absolute atomic E-state index is 4.38. The molecule has 1 aliphatic carbocycles. The van der Waals surface area contributed by atoms with Crippen LogP contribution in [0.4, 0.5) is 0 Å². The number of rotatable bonds is 1. The smallest absolute Gasteiger partial charge is 0.0658 e. The first-order valence-electron chi connectivity index (χ1n) is 5.07. The van der Waals surface area contributed by atoms with Gasteiger partial charge in [-0.15, -0.1) is 0 Å². The van der Waals surface area contributed by atoms with Crippen molar-refractivity contribution in [3.63, 3.8) is 0 Å². The van der Waals surface area contributed by atoms with Crippen LogP contribution in [0.1, 0.15) is 37.8 Å². The van der Waals surface area contributed by atoms with Crippen molar-refractivity contribution in [2.24, 2.45) is 0 Å². The Morgan fingerprint density at radius 3 is 2.92 bits per heavy atom. The van der Waals surface area contributed by atoms with E-state index in [-0.39, 0.29) is 0 Å². The lowest BCUT2D eigenvalue weighted by Crippen LogP contribution is -1.87. The van der Waals surface area contributed by atoms with E-state index >= 15 is 0 Å². The van der Waals surface area contributed by atoms with Crippen molar-refractivity contribution in [2.45, 2.75) is 32.1 Å². The van der Waals surface area contributed by atoms with E-state index in [2.05, 4.69) is 23.2 Å². The molecule has 1 nitrogen and oxygen atoms in total. The SMILES string of the molecule is C1=C(c2ccccn2)CCCCC1. The Morgan fingerprint density at radius 2 is 2.08 bits per heavy atom. The van der Waals surface area contributed by atoms with E-state index in [4.69, 9.17) is 0 Å². The zero-order valence-electron chi connectivity index (χ0n) is 7.87. The number of aromatic nitrogens is 1. The fraction of sp³-hybridized carbons (Fsp3) is 0.417. The van der Waals surface area contributed by atoms with Crippen molar-refractivity contribution in [2.75, 3.05) is 0 Å². The number of pyridine rings is 1. The van der Waals surface area contributed by atoms with Crippen LogP contribution in [0, 0.1) is 0 Å². The first-order chi connectivity index (χ1) is 6.47. The van der Waals surface area contributed by atoms with Gasteiger partial charge in [-0.2, -0.15) is 0 Å². The molecule has 68 valence electrons. The molecule has 0 unspecified atom stereocenters. The second kappa shape index (κ2) is 4.22. The summed E-state index contributed by atoms with van der Waals surface area (Å²) in [6.07, 6.45) is 10.7. The zero-order chi connectivity index (χ0) is 8.93. The van der Waals surface area contributed by atoms with Crippen LogP contribution in [0.25, 0.3) is 5.57 Å². The Kier molecular flexibility index (Phi) is 2.75. The van der Waals surface area contributed by atoms with Crippen LogP contribution in [0.15, 0.2) is 30.5 Å². The lowest BCUT2D eigenvalue weighted by molar-refractivity contribution is 0.720. The van der Waals surface area contributed by atoms with Crippen molar-refractivity contribution in [1.82, 2.24) is 4.98 Å². The monoisotopic (exact) mass is 173 g/mol. The van der Waals surface area contributed by atoms with Gasteiger partial charge in [0.05, 0.1) is 5.69 Å². The van der Waals surface area contributed by atoms with Crippen molar-refractivity contribution < 1.29 is 0 Å². The normalized spacial score (nSPS) is 17.7. The Bertz CT molecular complexity index is 287. The second-order valence-corrected chi connectivity index (χ2v) is 3.54. The molecule has 0 fully saturated rings. The fourth-order valence-electron chi connectivity index (χ4n) is 1.80. The standard InChI is InChI=1S/C12H15N/c1-2-4-8-11(7-3-1)12-9-5-6-10-13-12/h5-7,9-10H,1-4,8H2. The molecule has 2 rings (SSSR count). The molecule has 1 aliphatic rings. The average molecular weight is 173 g/mol. The number of allylic oxidation sites excluding steroid dienone is 2. The summed E-state index contributed by atoms with van der Waals surface area (Å²) >= 11 is 0. The van der Waals surface area contributed by atoms with E-state index < -0.39 is 0 Å². The summed E-state index contributed by atoms with van der Waals surface area (Å²) in [5, 5.41) is 0. The van der Waals surface area contributed by atoms with E-state index in [1.54, 1.807) is 0 Å². The Morgan fingerprint density at radius 1 is 1.08 bits per heavy atom. The second-order valence-electron chi connectivity index (χ2n) is 3.54. The van der Waals surface area contributed by atoms with Gasteiger partial charge in [-0.25, -0.2) is 0 Å². The fourth-order valence-corrected chi connectivity index (χ4v) is 1.80. The first-order valence-corrected chi connectivity index (χ1v) is 5.07. The van der Waals surface area contributed by atoms with Gasteiger partial charge in [-0.3, -0.25) is 4.98 Å². The molecule has 0 N–H and O–H groups in total. The molecule has 13 heavy (non-hydrogen) atoms. The van der Waals surface area contributed by atoms with Crippen LogP contribution in [0.3, 0.4) is 0 Å². The van der Waals surface area contributed by atoms with Crippen LogP contribution in [0.5, 0.6) is 0 Å². The third-order valence-electron chi connectivity index (χ3n) is 2.53. The van der Waals surface area contributed by atoms with Crippen molar-refractivity contribution in [3.8, 4) is 0 Å². The number of hydrogen-bond donors (Lipinski definition) is 0. The van der Waals surface area contributed by atoms with Gasteiger partial charge >= 0.3 is 0 Å². The number of nitrogens with zero attached hydrogens (tertiary/aromatic N) is 1. The van der Waals surface area contributed by atoms with Gasteiger partial charge in [-0.1, -0.05) is 18.6 Å². The highest BCUT2D eigenvalue weighted by Crippen LogP contribution is 2.23. The van der Waals surface area contributed by atoms with Gasteiger partial charge in [0.25, 0.3) is 0 Å². The van der Waals surface area contributed by atoms with Crippen molar-refractivity contribution in [3.05, 3.63) is 36.2 Å². The molecule has 1 aromatic rings. The predicted octanol–water partition coefficient (Wildman–Crippen LogP) is 3.43. The summed E-state index contributed by atoms with van der Waals surface area (Å²) in [7, 11) is 0. The lowest BCUT2D eigenvalue weighted by atomic mass is 10.1. The van der Waals surface area contributed by atoms with Gasteiger partial charge < -0.3 is 0 Å². The Labute approximate surface area is 79.5 Å². The van der Waals surface area contributed by atoms with Crippen LogP contribution in [-0.2, 0) is 0 Å². The summed E-state index contributed by atoms with van der Waals surface area (Å²) in [4.78, 5) is 4.38. The van der Waals surface area contributed by atoms with Crippen LogP contribution < -0.4 is 0 Å². The van der Waals surface area contributed by atoms with E-state index in [9.17, 15) is 0 Å². The molecular formula is C12H15N. The van der Waals surface area contributed by atoms with Gasteiger partial charge in [0.1, 0.15) is 0 Å². The topological polar surface area (TPSA) is 12.9 Å². The van der Waals surface area contributed by atoms with Gasteiger partial charge in [0.15, 0.2) is 0 Å². The van der Waals surface area contributed by atoms with E-state index in [0.29, 0.717) is 0 Å². The third kappa shape index (κ3) is 2.18. The van der Waals surface area contributed by atoms with E-state index in [0.717, 1.165) is 0 Å². The minimum atomic E-state index is 1.17. The lowest BCUT2D eigenvalue weighted by Gasteiger charge is -2.02. The molecule has 0 saturated carbocycles. The summed E-state index contributed by atoms with van der Waals surface area (Å²) in [6.45, 7) is 0. The Balaban J connectivity index is 2.19. The molecule has 0 saturated heterocycles. The third-order valence-corrected chi connectivity index (χ3v) is 2.53. The average Bonchev–Trinajstić information content (AvgIpc) is 2.47. The first kappa shape index (κ1) is 8.49. The summed E-state index contributed by atoms with van der Waals surface area (Å²) in [6, 6.07) is 6.14. The maximum atomic E-state index is 4.38. The molecule has 0 atom stereocenters. The molecule has 0 spiro atoms. The van der Waals surface area contributed by atoms with Gasteiger partial charge in [0.2, 0.25) is 0 Å². The summed E-state index contributed by atoms with van der Waals surface area (Å²) in [5.74, 6) is 0. The summed E-state index contributed by atoms with van der Waals surface area (Å²) in [5.41, 5.74) is 2.61. The van der Waals surface area contributed by atoms with E-state index in [1.807, 2.05) is 12.3 Å². The molecular weight excluding hydrogens is 158 g/mol. The molecule has 1 heteroatoms. The summed E-state index contributed by atoms with van der Waals surface area (Å²) < 4.78 is 0. The van der Waals surface area contributed by atoms with Gasteiger partial charge in [0, 0.05) is 6.20 Å². The van der Waals surface area contributed by atoms with E-state index in [1.165, 1.54) is 43.4 Å². The largest absolute Gasteiger partial charge is 0.257 e. The van der Waals surface area contributed by atoms with Crippen molar-refractivity contribution in [1.29, 1.82) is 0 Å². The highest BCUT2D eigenvalue weighted by atomic mass is 14.7. The van der Waals surface area contributed by atoms with Crippen LogP contribution >= 0.6 is 0 Å². The quantitative estimate of drug-likeness (QED) is 0.634. The molecule has 0 aliphatic heterocycles. The molecule has 0 radical (unpaired) electrons. The Hall–Kier alpha value is -1.11. The predicted molar refractivity (Wildman–Crippen MR) is 55.3 cm³/mol. The van der Waals surface area contributed by atoms with Gasteiger partial charge in [-0.05, 0) is 43.4 Å². The molecule has 1 aromatic heterocycles. The minimum Gasteiger partial charge on any atom is -0.257 e. The molecule has 0 bridgehead atoms. The molecule has 0 aromatic carbocycles.